The van der Waals surface area contributed by atoms with E-state index < -0.39 is 9.84 Å². The molecule has 0 aliphatic rings. The second-order valence-corrected chi connectivity index (χ2v) is 8.99. The van der Waals surface area contributed by atoms with Gasteiger partial charge in [0, 0.05) is 15.6 Å². The maximum atomic E-state index is 12.2. The first-order valence-corrected chi connectivity index (χ1v) is 10.6. The zero-order valence-electron chi connectivity index (χ0n) is 14.6. The third kappa shape index (κ3) is 4.89. The van der Waals surface area contributed by atoms with Crippen LogP contribution in [0.1, 0.15) is 12.5 Å². The lowest BCUT2D eigenvalue weighted by molar-refractivity contribution is -0.115. The van der Waals surface area contributed by atoms with Gasteiger partial charge in [0.1, 0.15) is 0 Å². The van der Waals surface area contributed by atoms with Crippen LogP contribution in [-0.2, 0) is 21.1 Å². The number of aromatic nitrogens is 2. The number of hydrogen-bond acceptors (Lipinski definition) is 6. The van der Waals surface area contributed by atoms with Crippen molar-refractivity contribution in [1.82, 2.24) is 10.2 Å². The maximum Gasteiger partial charge on any atom is 0.322 e. The molecule has 28 heavy (non-hydrogen) atoms. The highest BCUT2D eigenvalue weighted by Gasteiger charge is 2.14. The van der Waals surface area contributed by atoms with Gasteiger partial charge in [0.15, 0.2) is 9.84 Å². The molecule has 0 atom stereocenters. The van der Waals surface area contributed by atoms with Crippen LogP contribution in [0.2, 0.25) is 10.0 Å². The molecule has 1 heterocycles. The highest BCUT2D eigenvalue weighted by molar-refractivity contribution is 7.91. The van der Waals surface area contributed by atoms with Crippen LogP contribution >= 0.6 is 23.2 Å². The molecule has 10 heteroatoms. The normalized spacial score (nSPS) is 11.4. The van der Waals surface area contributed by atoms with Crippen molar-refractivity contribution in [3.05, 3.63) is 58.1 Å². The minimum atomic E-state index is -3.27. The van der Waals surface area contributed by atoms with E-state index in [0.717, 1.165) is 0 Å². The molecule has 3 aromatic rings. The lowest BCUT2D eigenvalue weighted by Crippen LogP contribution is -2.14. The van der Waals surface area contributed by atoms with Gasteiger partial charge in [0.2, 0.25) is 11.8 Å². The SMILES string of the molecule is CCS(=O)(=O)c1ccc(CC(=O)Nc2nnc(-c3cc(Cl)cc(Cl)c3)o2)cc1. The molecule has 0 bridgehead atoms. The lowest BCUT2D eigenvalue weighted by Gasteiger charge is -2.04. The summed E-state index contributed by atoms with van der Waals surface area (Å²) in [7, 11) is -3.27. The van der Waals surface area contributed by atoms with E-state index in [-0.39, 0.29) is 34.9 Å². The molecule has 7 nitrogen and oxygen atoms in total. The van der Waals surface area contributed by atoms with E-state index in [9.17, 15) is 13.2 Å². The minimum Gasteiger partial charge on any atom is -0.403 e. The van der Waals surface area contributed by atoms with Crippen LogP contribution in [0, 0.1) is 0 Å². The van der Waals surface area contributed by atoms with Gasteiger partial charge in [-0.05, 0) is 35.9 Å². The summed E-state index contributed by atoms with van der Waals surface area (Å²) in [5, 5.41) is 11.0. The van der Waals surface area contributed by atoms with Gasteiger partial charge in [-0.2, -0.15) is 0 Å². The van der Waals surface area contributed by atoms with Crippen molar-refractivity contribution in [3.63, 3.8) is 0 Å². The van der Waals surface area contributed by atoms with Crippen LogP contribution in [-0.4, -0.2) is 30.3 Å². The Hall–Kier alpha value is -2.42. The number of halogens is 2. The van der Waals surface area contributed by atoms with Crippen LogP contribution in [0.5, 0.6) is 0 Å². The smallest absolute Gasteiger partial charge is 0.322 e. The molecule has 2 aromatic carbocycles. The Kier molecular flexibility index (Phi) is 6.02. The highest BCUT2D eigenvalue weighted by atomic mass is 35.5. The molecular formula is C18H15Cl2N3O4S. The Morgan fingerprint density at radius 2 is 1.71 bits per heavy atom. The van der Waals surface area contributed by atoms with Gasteiger partial charge in [-0.25, -0.2) is 8.42 Å². The Morgan fingerprint density at radius 1 is 1.07 bits per heavy atom. The van der Waals surface area contributed by atoms with E-state index >= 15 is 0 Å². The molecule has 0 spiro atoms. The zero-order chi connectivity index (χ0) is 20.3. The number of amides is 1. The number of rotatable bonds is 6. The largest absolute Gasteiger partial charge is 0.403 e. The maximum absolute atomic E-state index is 12.2. The first kappa shape index (κ1) is 20.3. The fourth-order valence-corrected chi connectivity index (χ4v) is 3.81. The van der Waals surface area contributed by atoms with Crippen LogP contribution in [0.3, 0.4) is 0 Å². The standard InChI is InChI=1S/C18H15Cl2N3O4S/c1-2-28(25,26)15-5-3-11(4-6-15)7-16(24)21-18-23-22-17(27-18)12-8-13(19)10-14(20)9-12/h3-6,8-10H,2,7H2,1H3,(H,21,23,24). The second kappa shape index (κ2) is 8.30. The number of carbonyl (C=O) groups excluding carboxylic acids is 1. The molecule has 1 aromatic heterocycles. The molecule has 1 N–H and O–H groups in total. The number of nitrogens with zero attached hydrogens (tertiary/aromatic N) is 2. The molecular weight excluding hydrogens is 425 g/mol. The second-order valence-electron chi connectivity index (χ2n) is 5.84. The van der Waals surface area contributed by atoms with Gasteiger partial charge >= 0.3 is 6.01 Å². The average Bonchev–Trinajstić information content (AvgIpc) is 3.09. The van der Waals surface area contributed by atoms with Gasteiger partial charge < -0.3 is 4.42 Å². The number of anilines is 1. The molecule has 0 radical (unpaired) electrons. The summed E-state index contributed by atoms with van der Waals surface area (Å²) in [5.74, 6) is -0.205. The topological polar surface area (TPSA) is 102 Å². The Morgan fingerprint density at radius 3 is 2.32 bits per heavy atom. The van der Waals surface area contributed by atoms with Crippen molar-refractivity contribution in [1.29, 1.82) is 0 Å². The molecule has 0 unspecified atom stereocenters. The van der Waals surface area contributed by atoms with E-state index in [1.54, 1.807) is 37.3 Å². The van der Waals surface area contributed by atoms with Crippen LogP contribution in [0.4, 0.5) is 6.01 Å². The van der Waals surface area contributed by atoms with E-state index in [2.05, 4.69) is 15.5 Å². The Labute approximate surface area is 171 Å². The van der Waals surface area contributed by atoms with Crippen molar-refractivity contribution in [2.24, 2.45) is 0 Å². The van der Waals surface area contributed by atoms with Crippen molar-refractivity contribution < 1.29 is 17.6 Å². The van der Waals surface area contributed by atoms with Crippen LogP contribution < -0.4 is 5.32 Å². The molecule has 0 aliphatic heterocycles. The number of nitrogens with one attached hydrogen (secondary N) is 1. The van der Waals surface area contributed by atoms with Crippen molar-refractivity contribution in [2.45, 2.75) is 18.2 Å². The van der Waals surface area contributed by atoms with E-state index in [1.165, 1.54) is 12.1 Å². The first-order valence-electron chi connectivity index (χ1n) is 8.18. The summed E-state index contributed by atoms with van der Waals surface area (Å²) in [4.78, 5) is 12.4. The van der Waals surface area contributed by atoms with Crippen molar-refractivity contribution >= 4 is 45.0 Å². The Bertz CT molecular complexity index is 1090. The average molecular weight is 440 g/mol. The third-order valence-electron chi connectivity index (χ3n) is 3.81. The lowest BCUT2D eigenvalue weighted by atomic mass is 10.1. The monoisotopic (exact) mass is 439 g/mol. The molecule has 146 valence electrons. The predicted molar refractivity (Wildman–Crippen MR) is 106 cm³/mol. The van der Waals surface area contributed by atoms with Crippen LogP contribution in [0.25, 0.3) is 11.5 Å². The van der Waals surface area contributed by atoms with Gasteiger partial charge in [-0.15, -0.1) is 5.10 Å². The van der Waals surface area contributed by atoms with Crippen LogP contribution in [0.15, 0.2) is 51.8 Å². The van der Waals surface area contributed by atoms with E-state index in [0.29, 0.717) is 21.2 Å². The first-order chi connectivity index (χ1) is 13.3. The Balaban J connectivity index is 1.66. The number of hydrogen-bond donors (Lipinski definition) is 1. The number of sulfone groups is 1. The van der Waals surface area contributed by atoms with Crippen molar-refractivity contribution in [2.75, 3.05) is 11.1 Å². The van der Waals surface area contributed by atoms with E-state index in [1.807, 2.05) is 0 Å². The molecule has 0 fully saturated rings. The molecule has 0 saturated carbocycles. The fourth-order valence-electron chi connectivity index (χ4n) is 2.40. The molecule has 0 aliphatic carbocycles. The fraction of sp³-hybridized carbons (Fsp3) is 0.167. The highest BCUT2D eigenvalue weighted by Crippen LogP contribution is 2.27. The molecule has 3 rings (SSSR count). The summed E-state index contributed by atoms with van der Waals surface area (Å²) >= 11 is 11.9. The summed E-state index contributed by atoms with van der Waals surface area (Å²) in [5.41, 5.74) is 1.17. The number of carbonyl (C=O) groups is 1. The van der Waals surface area contributed by atoms with Gasteiger partial charge in [0.05, 0.1) is 17.1 Å². The quantitative estimate of drug-likeness (QED) is 0.621. The third-order valence-corrected chi connectivity index (χ3v) is 5.99. The summed E-state index contributed by atoms with van der Waals surface area (Å²) in [6.45, 7) is 1.58. The summed E-state index contributed by atoms with van der Waals surface area (Å²) in [6.07, 6.45) is 0.0210. The van der Waals surface area contributed by atoms with E-state index in [4.69, 9.17) is 27.6 Å². The molecule has 0 saturated heterocycles. The van der Waals surface area contributed by atoms with Crippen molar-refractivity contribution in [3.8, 4) is 11.5 Å². The van der Waals surface area contributed by atoms with Gasteiger partial charge in [0.25, 0.3) is 0 Å². The summed E-state index contributed by atoms with van der Waals surface area (Å²) in [6, 6.07) is 10.9. The minimum absolute atomic E-state index is 0.0180. The predicted octanol–water partition coefficient (Wildman–Crippen LogP) is 4.02. The van der Waals surface area contributed by atoms with Gasteiger partial charge in [-0.1, -0.05) is 47.4 Å². The van der Waals surface area contributed by atoms with Gasteiger partial charge in [-0.3, -0.25) is 10.1 Å². The summed E-state index contributed by atoms with van der Waals surface area (Å²) < 4.78 is 29.0. The zero-order valence-corrected chi connectivity index (χ0v) is 17.0. The molecule has 1 amide bonds. The number of benzene rings is 2.